The highest BCUT2D eigenvalue weighted by Crippen LogP contribution is 2.46. The molecule has 0 unspecified atom stereocenters. The molecule has 0 bridgehead atoms. The summed E-state index contributed by atoms with van der Waals surface area (Å²) >= 11 is 0. The number of fused-ring (bicyclic) bond motifs is 3. The van der Waals surface area contributed by atoms with Crippen LogP contribution < -0.4 is 5.32 Å². The molecule has 1 saturated heterocycles. The van der Waals surface area contributed by atoms with E-state index < -0.39 is 0 Å². The zero-order chi connectivity index (χ0) is 17.4. The third kappa shape index (κ3) is 2.98. The molecule has 1 aliphatic carbocycles. The Balaban J connectivity index is 1.53. The number of benzene rings is 2. The summed E-state index contributed by atoms with van der Waals surface area (Å²) in [5, 5.41) is 3.20. The smallest absolute Gasteiger partial charge is 0.222 e. The van der Waals surface area contributed by atoms with Crippen LogP contribution in [0.15, 0.2) is 48.5 Å². The molecule has 0 radical (unpaired) electrons. The van der Waals surface area contributed by atoms with Crippen molar-refractivity contribution in [2.45, 2.75) is 38.8 Å². The van der Waals surface area contributed by atoms with Crippen molar-refractivity contribution in [3.05, 3.63) is 59.7 Å². The Morgan fingerprint density at radius 1 is 0.960 bits per heavy atom. The first-order valence-electron chi connectivity index (χ1n) is 9.38. The van der Waals surface area contributed by atoms with Crippen LogP contribution in [0.2, 0.25) is 0 Å². The molecule has 25 heavy (non-hydrogen) atoms. The molecule has 3 heteroatoms. The maximum Gasteiger partial charge on any atom is 0.222 e. The topological polar surface area (TPSA) is 32.3 Å². The van der Waals surface area contributed by atoms with Gasteiger partial charge in [0.05, 0.1) is 6.04 Å². The highest BCUT2D eigenvalue weighted by molar-refractivity contribution is 5.79. The zero-order valence-electron chi connectivity index (χ0n) is 15.0. The minimum Gasteiger partial charge on any atom is -0.353 e. The lowest BCUT2D eigenvalue weighted by atomic mass is 9.97. The van der Waals surface area contributed by atoms with Gasteiger partial charge in [-0.1, -0.05) is 62.4 Å². The third-order valence-electron chi connectivity index (χ3n) is 5.57. The van der Waals surface area contributed by atoms with E-state index in [0.29, 0.717) is 12.1 Å². The van der Waals surface area contributed by atoms with Gasteiger partial charge in [0.2, 0.25) is 5.91 Å². The summed E-state index contributed by atoms with van der Waals surface area (Å²) in [6, 6.07) is 18.2. The normalized spacial score (nSPS) is 18.2. The van der Waals surface area contributed by atoms with Gasteiger partial charge in [-0.05, 0) is 35.1 Å². The molecular weight excluding hydrogens is 308 g/mol. The van der Waals surface area contributed by atoms with E-state index in [1.165, 1.54) is 22.3 Å². The molecule has 0 aromatic heterocycles. The van der Waals surface area contributed by atoms with Crippen LogP contribution in [0.1, 0.15) is 43.9 Å². The summed E-state index contributed by atoms with van der Waals surface area (Å²) in [4.78, 5) is 14.5. The van der Waals surface area contributed by atoms with Gasteiger partial charge in [0, 0.05) is 25.0 Å². The standard InChI is InChI=1S/C22H26N2O/c1-15(2)22(25)23-16-11-13-24(14-12-16)21-19-9-5-3-7-17(19)18-8-4-6-10-20(18)21/h3-10,15-16,21H,11-14H2,1-2H3,(H,23,25). The van der Waals surface area contributed by atoms with Crippen molar-refractivity contribution in [1.82, 2.24) is 10.2 Å². The van der Waals surface area contributed by atoms with Crippen molar-refractivity contribution in [1.29, 1.82) is 0 Å². The lowest BCUT2D eigenvalue weighted by molar-refractivity contribution is -0.125. The molecule has 0 saturated carbocycles. The molecule has 0 spiro atoms. The lowest BCUT2D eigenvalue weighted by Crippen LogP contribution is -2.46. The number of carbonyl (C=O) groups is 1. The Morgan fingerprint density at radius 3 is 2.00 bits per heavy atom. The number of piperidine rings is 1. The summed E-state index contributed by atoms with van der Waals surface area (Å²) < 4.78 is 0. The average molecular weight is 334 g/mol. The van der Waals surface area contributed by atoms with E-state index >= 15 is 0 Å². The lowest BCUT2D eigenvalue weighted by Gasteiger charge is -2.37. The largest absolute Gasteiger partial charge is 0.353 e. The fourth-order valence-corrected chi connectivity index (χ4v) is 4.19. The van der Waals surface area contributed by atoms with Crippen molar-refractivity contribution in [3.63, 3.8) is 0 Å². The van der Waals surface area contributed by atoms with Crippen LogP contribution in [0.25, 0.3) is 11.1 Å². The SMILES string of the molecule is CC(C)C(=O)NC1CCN(C2c3ccccc3-c3ccccc32)CC1. The number of hydrogen-bond acceptors (Lipinski definition) is 2. The minimum atomic E-state index is 0.0617. The Bertz CT molecular complexity index is 730. The zero-order valence-corrected chi connectivity index (χ0v) is 15.0. The van der Waals surface area contributed by atoms with Crippen LogP contribution >= 0.6 is 0 Å². The van der Waals surface area contributed by atoms with Crippen molar-refractivity contribution in [2.75, 3.05) is 13.1 Å². The fraction of sp³-hybridized carbons (Fsp3) is 0.409. The summed E-state index contributed by atoms with van der Waals surface area (Å²) in [5.41, 5.74) is 5.60. The van der Waals surface area contributed by atoms with Gasteiger partial charge in [0.1, 0.15) is 0 Å². The number of rotatable bonds is 3. The molecule has 2 aromatic carbocycles. The van der Waals surface area contributed by atoms with Crippen molar-refractivity contribution >= 4 is 5.91 Å². The molecule has 1 fully saturated rings. The third-order valence-corrected chi connectivity index (χ3v) is 5.57. The molecule has 4 rings (SSSR count). The first-order valence-corrected chi connectivity index (χ1v) is 9.38. The highest BCUT2D eigenvalue weighted by Gasteiger charge is 2.34. The first kappa shape index (κ1) is 16.3. The number of likely N-dealkylation sites (tertiary alicyclic amines) is 1. The van der Waals surface area contributed by atoms with Crippen LogP contribution in [-0.2, 0) is 4.79 Å². The maximum absolute atomic E-state index is 12.0. The van der Waals surface area contributed by atoms with Gasteiger partial charge >= 0.3 is 0 Å². The molecule has 1 amide bonds. The molecule has 2 aromatic rings. The van der Waals surface area contributed by atoms with Gasteiger partial charge in [-0.3, -0.25) is 9.69 Å². The predicted octanol–water partition coefficient (Wildman–Crippen LogP) is 3.99. The maximum atomic E-state index is 12.0. The molecule has 1 heterocycles. The molecule has 2 aliphatic rings. The Kier molecular flexibility index (Phi) is 4.34. The van der Waals surface area contributed by atoms with Gasteiger partial charge in [-0.25, -0.2) is 0 Å². The fourth-order valence-electron chi connectivity index (χ4n) is 4.19. The van der Waals surface area contributed by atoms with Gasteiger partial charge in [0.25, 0.3) is 0 Å². The highest BCUT2D eigenvalue weighted by atomic mass is 16.1. The van der Waals surface area contributed by atoms with E-state index in [1.807, 2.05) is 13.8 Å². The second-order valence-corrected chi connectivity index (χ2v) is 7.55. The average Bonchev–Trinajstić information content (AvgIpc) is 2.97. The summed E-state index contributed by atoms with van der Waals surface area (Å²) in [6.07, 6.45) is 2.05. The van der Waals surface area contributed by atoms with Crippen LogP contribution in [0.5, 0.6) is 0 Å². The van der Waals surface area contributed by atoms with Gasteiger partial charge in [-0.15, -0.1) is 0 Å². The second kappa shape index (κ2) is 6.64. The van der Waals surface area contributed by atoms with Crippen molar-refractivity contribution < 1.29 is 4.79 Å². The second-order valence-electron chi connectivity index (χ2n) is 7.55. The van der Waals surface area contributed by atoms with E-state index in [0.717, 1.165) is 25.9 Å². The summed E-state index contributed by atoms with van der Waals surface area (Å²) in [5.74, 6) is 0.238. The summed E-state index contributed by atoms with van der Waals surface area (Å²) in [6.45, 7) is 5.96. The van der Waals surface area contributed by atoms with Crippen LogP contribution in [-0.4, -0.2) is 29.9 Å². The number of nitrogens with zero attached hydrogens (tertiary/aromatic N) is 1. The van der Waals surface area contributed by atoms with Crippen LogP contribution in [0, 0.1) is 5.92 Å². The number of amides is 1. The molecule has 0 atom stereocenters. The molecule has 1 aliphatic heterocycles. The predicted molar refractivity (Wildman–Crippen MR) is 101 cm³/mol. The Hall–Kier alpha value is -2.13. The number of hydrogen-bond donors (Lipinski definition) is 1. The van der Waals surface area contributed by atoms with Gasteiger partial charge in [-0.2, -0.15) is 0 Å². The van der Waals surface area contributed by atoms with Crippen LogP contribution in [0.3, 0.4) is 0 Å². The van der Waals surface area contributed by atoms with Gasteiger partial charge < -0.3 is 5.32 Å². The molecule has 1 N–H and O–H groups in total. The molecule has 130 valence electrons. The van der Waals surface area contributed by atoms with Crippen LogP contribution in [0.4, 0.5) is 0 Å². The van der Waals surface area contributed by atoms with E-state index in [9.17, 15) is 4.79 Å². The Morgan fingerprint density at radius 2 is 1.48 bits per heavy atom. The summed E-state index contributed by atoms with van der Waals surface area (Å²) in [7, 11) is 0. The first-order chi connectivity index (χ1) is 12.1. The quantitative estimate of drug-likeness (QED) is 0.920. The van der Waals surface area contributed by atoms with Crippen molar-refractivity contribution in [3.8, 4) is 11.1 Å². The van der Waals surface area contributed by atoms with E-state index in [1.54, 1.807) is 0 Å². The number of carbonyl (C=O) groups excluding carboxylic acids is 1. The Labute approximate surface area is 150 Å². The molecule has 3 nitrogen and oxygen atoms in total. The van der Waals surface area contributed by atoms with E-state index in [-0.39, 0.29) is 11.8 Å². The number of nitrogens with one attached hydrogen (secondary N) is 1. The van der Waals surface area contributed by atoms with E-state index in [4.69, 9.17) is 0 Å². The molecular formula is C22H26N2O. The van der Waals surface area contributed by atoms with Gasteiger partial charge in [0.15, 0.2) is 0 Å². The minimum absolute atomic E-state index is 0.0617. The van der Waals surface area contributed by atoms with E-state index in [2.05, 4.69) is 58.7 Å². The van der Waals surface area contributed by atoms with Crippen molar-refractivity contribution in [2.24, 2.45) is 5.92 Å². The monoisotopic (exact) mass is 334 g/mol.